The van der Waals surface area contributed by atoms with Crippen LogP contribution < -0.4 is 5.32 Å². The molecule has 2 rings (SSSR count). The summed E-state index contributed by atoms with van der Waals surface area (Å²) in [5, 5.41) is 7.64. The molecule has 0 amide bonds. The van der Waals surface area contributed by atoms with Crippen LogP contribution in [0.3, 0.4) is 0 Å². The van der Waals surface area contributed by atoms with Gasteiger partial charge in [-0.2, -0.15) is 0 Å². The number of rotatable bonds is 4. The Labute approximate surface area is 121 Å². The smallest absolute Gasteiger partial charge is 0.170 e. The molecule has 0 aliphatic rings. The maximum absolute atomic E-state index is 5.53. The molecular formula is C17H24N2O. The molecule has 0 saturated carbocycles. The van der Waals surface area contributed by atoms with E-state index in [0.29, 0.717) is 0 Å². The van der Waals surface area contributed by atoms with Crippen molar-refractivity contribution in [3.63, 3.8) is 0 Å². The van der Waals surface area contributed by atoms with E-state index < -0.39 is 0 Å². The van der Waals surface area contributed by atoms with E-state index >= 15 is 0 Å². The van der Waals surface area contributed by atoms with Gasteiger partial charge in [0.05, 0.1) is 0 Å². The molecule has 0 unspecified atom stereocenters. The van der Waals surface area contributed by atoms with Crippen LogP contribution in [0.1, 0.15) is 44.5 Å². The van der Waals surface area contributed by atoms with Gasteiger partial charge in [-0.25, -0.2) is 0 Å². The Bertz CT molecular complexity index is 562. The van der Waals surface area contributed by atoms with Crippen molar-refractivity contribution in [2.45, 2.75) is 53.1 Å². The molecule has 0 spiro atoms. The first kappa shape index (κ1) is 14.8. The Kier molecular flexibility index (Phi) is 4.29. The number of aryl methyl sites for hydroxylation is 1. The van der Waals surface area contributed by atoms with Gasteiger partial charge in [-0.15, -0.1) is 0 Å². The third-order valence-electron chi connectivity index (χ3n) is 3.43. The summed E-state index contributed by atoms with van der Waals surface area (Å²) in [6.07, 6.45) is 1.05. The van der Waals surface area contributed by atoms with Crippen molar-refractivity contribution in [2.24, 2.45) is 0 Å². The zero-order valence-electron chi connectivity index (χ0n) is 13.1. The summed E-state index contributed by atoms with van der Waals surface area (Å²) in [6, 6.07) is 8.50. The Balaban J connectivity index is 2.19. The molecule has 108 valence electrons. The second kappa shape index (κ2) is 5.80. The first-order valence-corrected chi connectivity index (χ1v) is 7.20. The molecule has 1 heterocycles. The summed E-state index contributed by atoms with van der Waals surface area (Å²) < 4.78 is 5.53. The van der Waals surface area contributed by atoms with E-state index in [2.05, 4.69) is 69.4 Å². The van der Waals surface area contributed by atoms with Gasteiger partial charge >= 0.3 is 0 Å². The fourth-order valence-electron chi connectivity index (χ4n) is 2.04. The Morgan fingerprint density at radius 3 is 2.35 bits per heavy atom. The molecule has 0 saturated heterocycles. The Hall–Kier alpha value is -1.61. The van der Waals surface area contributed by atoms with Crippen molar-refractivity contribution in [2.75, 3.05) is 0 Å². The van der Waals surface area contributed by atoms with Gasteiger partial charge in [-0.1, -0.05) is 36.3 Å². The minimum atomic E-state index is 0.0777. The van der Waals surface area contributed by atoms with Crippen molar-refractivity contribution in [3.8, 4) is 11.3 Å². The summed E-state index contributed by atoms with van der Waals surface area (Å²) in [4.78, 5) is 0. The lowest BCUT2D eigenvalue weighted by atomic mass is 10.0. The highest BCUT2D eigenvalue weighted by molar-refractivity contribution is 5.62. The summed E-state index contributed by atoms with van der Waals surface area (Å²) in [7, 11) is 0. The highest BCUT2D eigenvalue weighted by atomic mass is 16.5. The quantitative estimate of drug-likeness (QED) is 0.910. The number of benzene rings is 1. The van der Waals surface area contributed by atoms with Crippen LogP contribution in [0.25, 0.3) is 11.3 Å². The van der Waals surface area contributed by atoms with Crippen LogP contribution in [0.15, 0.2) is 28.8 Å². The van der Waals surface area contributed by atoms with Crippen molar-refractivity contribution < 1.29 is 4.52 Å². The van der Waals surface area contributed by atoms with Crippen LogP contribution in [0.5, 0.6) is 0 Å². The molecule has 3 nitrogen and oxygen atoms in total. The summed E-state index contributed by atoms with van der Waals surface area (Å²) >= 11 is 0. The van der Waals surface area contributed by atoms with E-state index in [4.69, 9.17) is 4.52 Å². The molecule has 0 fully saturated rings. The minimum Gasteiger partial charge on any atom is -0.356 e. The number of hydrogen-bond acceptors (Lipinski definition) is 3. The second-order valence-electron chi connectivity index (χ2n) is 6.24. The molecule has 0 radical (unpaired) electrons. The van der Waals surface area contributed by atoms with Crippen molar-refractivity contribution in [1.82, 2.24) is 10.5 Å². The van der Waals surface area contributed by atoms with Crippen molar-refractivity contribution in [1.29, 1.82) is 0 Å². The SMILES string of the molecule is CCc1ccc(-c2onc(CNC(C)(C)C)c2C)cc1. The number of hydrogen-bond donors (Lipinski definition) is 1. The zero-order valence-corrected chi connectivity index (χ0v) is 13.1. The molecule has 20 heavy (non-hydrogen) atoms. The molecule has 0 aliphatic carbocycles. The van der Waals surface area contributed by atoms with E-state index in [0.717, 1.165) is 35.5 Å². The molecule has 2 aromatic rings. The molecule has 1 aromatic carbocycles. The van der Waals surface area contributed by atoms with Crippen LogP contribution in [0.2, 0.25) is 0 Å². The minimum absolute atomic E-state index is 0.0777. The van der Waals surface area contributed by atoms with Gasteiger partial charge in [0.2, 0.25) is 0 Å². The fraction of sp³-hybridized carbons (Fsp3) is 0.471. The van der Waals surface area contributed by atoms with Gasteiger partial charge in [0.1, 0.15) is 5.69 Å². The van der Waals surface area contributed by atoms with Gasteiger partial charge < -0.3 is 9.84 Å². The van der Waals surface area contributed by atoms with Crippen molar-refractivity contribution in [3.05, 3.63) is 41.1 Å². The molecule has 0 aliphatic heterocycles. The second-order valence-corrected chi connectivity index (χ2v) is 6.24. The zero-order chi connectivity index (χ0) is 14.8. The van der Waals surface area contributed by atoms with Gasteiger partial charge in [0.15, 0.2) is 5.76 Å². The monoisotopic (exact) mass is 272 g/mol. The summed E-state index contributed by atoms with van der Waals surface area (Å²) in [5.41, 5.74) is 4.60. The highest BCUT2D eigenvalue weighted by Crippen LogP contribution is 2.26. The van der Waals surface area contributed by atoms with Crippen LogP contribution in [0, 0.1) is 6.92 Å². The molecule has 3 heteroatoms. The van der Waals surface area contributed by atoms with E-state index in [1.165, 1.54) is 5.56 Å². The lowest BCUT2D eigenvalue weighted by Crippen LogP contribution is -2.35. The van der Waals surface area contributed by atoms with E-state index in [1.54, 1.807) is 0 Å². The van der Waals surface area contributed by atoms with Gasteiger partial charge in [-0.3, -0.25) is 0 Å². The van der Waals surface area contributed by atoms with Gasteiger partial charge in [0.25, 0.3) is 0 Å². The first-order chi connectivity index (χ1) is 9.40. The maximum Gasteiger partial charge on any atom is 0.170 e. The fourth-order valence-corrected chi connectivity index (χ4v) is 2.04. The van der Waals surface area contributed by atoms with E-state index in [9.17, 15) is 0 Å². The molecule has 0 atom stereocenters. The molecule has 1 N–H and O–H groups in total. The predicted molar refractivity (Wildman–Crippen MR) is 82.6 cm³/mol. The van der Waals surface area contributed by atoms with E-state index in [1.807, 2.05) is 0 Å². The normalized spacial score (nSPS) is 11.8. The van der Waals surface area contributed by atoms with Gasteiger partial charge in [-0.05, 0) is 39.7 Å². The predicted octanol–water partition coefficient (Wildman–Crippen LogP) is 4.10. The summed E-state index contributed by atoms with van der Waals surface area (Å²) in [5.74, 6) is 0.873. The first-order valence-electron chi connectivity index (χ1n) is 7.20. The lowest BCUT2D eigenvalue weighted by molar-refractivity contribution is 0.392. The third kappa shape index (κ3) is 3.48. The van der Waals surface area contributed by atoms with Gasteiger partial charge in [0, 0.05) is 23.2 Å². The Morgan fingerprint density at radius 1 is 1.15 bits per heavy atom. The number of nitrogens with one attached hydrogen (secondary N) is 1. The lowest BCUT2D eigenvalue weighted by Gasteiger charge is -2.19. The molecule has 1 aromatic heterocycles. The number of nitrogens with zero attached hydrogens (tertiary/aromatic N) is 1. The Morgan fingerprint density at radius 2 is 1.80 bits per heavy atom. The largest absolute Gasteiger partial charge is 0.356 e. The van der Waals surface area contributed by atoms with Crippen molar-refractivity contribution >= 4 is 0 Å². The highest BCUT2D eigenvalue weighted by Gasteiger charge is 2.16. The topological polar surface area (TPSA) is 38.1 Å². The maximum atomic E-state index is 5.53. The molecular weight excluding hydrogens is 248 g/mol. The van der Waals surface area contributed by atoms with Crippen LogP contribution in [-0.2, 0) is 13.0 Å². The average molecular weight is 272 g/mol. The van der Waals surface area contributed by atoms with Crippen LogP contribution >= 0.6 is 0 Å². The average Bonchev–Trinajstić information content (AvgIpc) is 2.77. The van der Waals surface area contributed by atoms with Crippen LogP contribution in [-0.4, -0.2) is 10.7 Å². The van der Waals surface area contributed by atoms with Crippen LogP contribution in [0.4, 0.5) is 0 Å². The standard InChI is InChI=1S/C17H24N2O/c1-6-13-7-9-14(10-8-13)16-12(2)15(19-20-16)11-18-17(3,4)5/h7-10,18H,6,11H2,1-5H3. The third-order valence-corrected chi connectivity index (χ3v) is 3.43. The number of aromatic nitrogens is 1. The summed E-state index contributed by atoms with van der Waals surface area (Å²) in [6.45, 7) is 11.4. The van der Waals surface area contributed by atoms with E-state index in [-0.39, 0.29) is 5.54 Å². The molecule has 0 bridgehead atoms.